The van der Waals surface area contributed by atoms with Gasteiger partial charge in [0.05, 0.1) is 104 Å². The first-order chi connectivity index (χ1) is 17.1. The van der Waals surface area contributed by atoms with Crippen LogP contribution >= 0.6 is 15.9 Å². The first kappa shape index (κ1) is 32.4. The molecule has 0 bridgehead atoms. The molecule has 0 fully saturated rings. The summed E-state index contributed by atoms with van der Waals surface area (Å²) in [6.45, 7) is 8.49. The van der Waals surface area contributed by atoms with Crippen LogP contribution in [0.4, 0.5) is 0 Å². The van der Waals surface area contributed by atoms with Gasteiger partial charge in [-0.15, -0.1) is 0 Å². The van der Waals surface area contributed by atoms with Crippen LogP contribution in [0.2, 0.25) is 0 Å². The Morgan fingerprint density at radius 2 is 0.857 bits per heavy atom. The van der Waals surface area contributed by atoms with Gasteiger partial charge in [-0.05, 0) is 19.1 Å². The highest BCUT2D eigenvalue weighted by Gasteiger charge is 2.14. The van der Waals surface area contributed by atoms with Crippen molar-refractivity contribution in [3.8, 4) is 0 Å². The molecule has 0 heterocycles. The van der Waals surface area contributed by atoms with Crippen LogP contribution in [0, 0.1) is 6.92 Å². The zero-order valence-corrected chi connectivity index (χ0v) is 22.9. The molecule has 0 unspecified atom stereocenters. The third-order valence-electron chi connectivity index (χ3n) is 4.23. The predicted octanol–water partition coefficient (Wildman–Crippen LogP) is 2.21. The Morgan fingerprint density at radius 1 is 0.543 bits per heavy atom. The minimum Gasteiger partial charge on any atom is -0.378 e. The summed E-state index contributed by atoms with van der Waals surface area (Å²) in [5.74, 6) is 0. The van der Waals surface area contributed by atoms with E-state index in [1.54, 1.807) is 12.1 Å². The van der Waals surface area contributed by atoms with E-state index in [-0.39, 0.29) is 18.1 Å². The minimum absolute atomic E-state index is 0.0502. The molecule has 204 valence electrons. The summed E-state index contributed by atoms with van der Waals surface area (Å²) in [6.07, 6.45) is 0. The second kappa shape index (κ2) is 22.5. The lowest BCUT2D eigenvalue weighted by molar-refractivity contribution is -0.0207. The van der Waals surface area contributed by atoms with E-state index >= 15 is 0 Å². The van der Waals surface area contributed by atoms with Crippen molar-refractivity contribution in [3.63, 3.8) is 0 Å². The van der Waals surface area contributed by atoms with E-state index in [1.807, 2.05) is 6.92 Å². The molecule has 0 spiro atoms. The molecular formula is C23H39BrO10S. The smallest absolute Gasteiger partial charge is 0.297 e. The van der Waals surface area contributed by atoms with Gasteiger partial charge in [-0.25, -0.2) is 0 Å². The highest BCUT2D eigenvalue weighted by Crippen LogP contribution is 2.12. The quantitative estimate of drug-likeness (QED) is 0.0960. The Morgan fingerprint density at radius 3 is 1.20 bits per heavy atom. The molecule has 0 saturated heterocycles. The molecule has 10 nitrogen and oxygen atoms in total. The fourth-order valence-electron chi connectivity index (χ4n) is 2.45. The lowest BCUT2D eigenvalue weighted by Crippen LogP contribution is -2.15. The maximum absolute atomic E-state index is 12.0. The molecule has 12 heteroatoms. The Kier molecular flexibility index (Phi) is 20.8. The summed E-state index contributed by atoms with van der Waals surface area (Å²) in [7, 11) is -3.76. The van der Waals surface area contributed by atoms with Crippen molar-refractivity contribution in [2.75, 3.05) is 104 Å². The molecule has 0 atom stereocenters. The number of rotatable bonds is 25. The standard InChI is InChI=1S/C23H39BrO10S/c1-22-2-4-23(5-3-22)35(25,26)34-21-20-33-19-18-32-17-16-31-15-14-30-13-12-29-11-10-28-9-8-27-7-6-24/h2-5H,6-21H2,1H3. The number of aryl methyl sites for hydroxylation is 1. The van der Waals surface area contributed by atoms with E-state index < -0.39 is 10.1 Å². The van der Waals surface area contributed by atoms with Crippen molar-refractivity contribution in [1.29, 1.82) is 0 Å². The Bertz CT molecular complexity index is 703. The molecule has 0 N–H and O–H groups in total. The molecule has 0 aromatic heterocycles. The van der Waals surface area contributed by atoms with Crippen LogP contribution in [0.3, 0.4) is 0 Å². The van der Waals surface area contributed by atoms with Crippen LogP contribution in [0.5, 0.6) is 0 Å². The van der Waals surface area contributed by atoms with Crippen LogP contribution in [-0.4, -0.2) is 113 Å². The summed E-state index contributed by atoms with van der Waals surface area (Å²) in [5.41, 5.74) is 0.980. The van der Waals surface area contributed by atoms with E-state index in [4.69, 9.17) is 37.3 Å². The van der Waals surface area contributed by atoms with E-state index in [1.165, 1.54) is 12.1 Å². The number of ether oxygens (including phenoxy) is 7. The molecular weight excluding hydrogens is 548 g/mol. The van der Waals surface area contributed by atoms with E-state index in [0.29, 0.717) is 85.9 Å². The maximum atomic E-state index is 12.0. The largest absolute Gasteiger partial charge is 0.378 e. The molecule has 0 saturated carbocycles. The van der Waals surface area contributed by atoms with E-state index in [0.717, 1.165) is 10.9 Å². The zero-order chi connectivity index (χ0) is 25.5. The number of hydrogen-bond acceptors (Lipinski definition) is 10. The average molecular weight is 588 g/mol. The lowest BCUT2D eigenvalue weighted by Gasteiger charge is -2.09. The van der Waals surface area contributed by atoms with Gasteiger partial charge >= 0.3 is 0 Å². The van der Waals surface area contributed by atoms with Crippen LogP contribution < -0.4 is 0 Å². The molecule has 1 aromatic rings. The zero-order valence-electron chi connectivity index (χ0n) is 20.5. The van der Waals surface area contributed by atoms with Crippen molar-refractivity contribution >= 4 is 26.0 Å². The van der Waals surface area contributed by atoms with Gasteiger partial charge in [0, 0.05) is 5.33 Å². The second-order valence-corrected chi connectivity index (χ2v) is 9.47. The molecule has 0 aliphatic carbocycles. The SMILES string of the molecule is Cc1ccc(S(=O)(=O)OCCOCCOCCOCCOCCOCCOCCOCCBr)cc1. The second-order valence-electron chi connectivity index (χ2n) is 7.06. The van der Waals surface area contributed by atoms with Gasteiger partial charge in [-0.1, -0.05) is 33.6 Å². The number of hydrogen-bond donors (Lipinski definition) is 0. The summed E-state index contributed by atoms with van der Waals surface area (Å²) in [4.78, 5) is 0.134. The highest BCUT2D eigenvalue weighted by molar-refractivity contribution is 9.09. The van der Waals surface area contributed by atoms with Crippen LogP contribution in [-0.2, 0) is 47.5 Å². The fraction of sp³-hybridized carbons (Fsp3) is 0.739. The lowest BCUT2D eigenvalue weighted by atomic mass is 10.2. The predicted molar refractivity (Wildman–Crippen MR) is 134 cm³/mol. The Hall–Kier alpha value is -0.670. The number of benzene rings is 1. The number of alkyl halides is 1. The minimum atomic E-state index is -3.76. The molecule has 1 aromatic carbocycles. The van der Waals surface area contributed by atoms with Crippen molar-refractivity contribution in [2.24, 2.45) is 0 Å². The summed E-state index contributed by atoms with van der Waals surface area (Å²) >= 11 is 3.29. The fourth-order valence-corrected chi connectivity index (χ4v) is 3.57. The van der Waals surface area contributed by atoms with Gasteiger partial charge in [0.2, 0.25) is 0 Å². The highest BCUT2D eigenvalue weighted by atomic mass is 79.9. The summed E-state index contributed by atoms with van der Waals surface area (Å²) in [5, 5.41) is 0.829. The molecule has 1 rings (SSSR count). The van der Waals surface area contributed by atoms with Gasteiger partial charge in [0.1, 0.15) is 0 Å². The van der Waals surface area contributed by atoms with Crippen LogP contribution in [0.25, 0.3) is 0 Å². The summed E-state index contributed by atoms with van der Waals surface area (Å²) in [6, 6.07) is 6.49. The van der Waals surface area contributed by atoms with Gasteiger partial charge in [-0.2, -0.15) is 8.42 Å². The first-order valence-electron chi connectivity index (χ1n) is 11.6. The van der Waals surface area contributed by atoms with Crippen molar-refractivity contribution in [1.82, 2.24) is 0 Å². The van der Waals surface area contributed by atoms with Crippen molar-refractivity contribution < 1.29 is 45.8 Å². The van der Waals surface area contributed by atoms with E-state index in [2.05, 4.69) is 15.9 Å². The van der Waals surface area contributed by atoms with E-state index in [9.17, 15) is 8.42 Å². The third-order valence-corrected chi connectivity index (χ3v) is 5.88. The third kappa shape index (κ3) is 19.2. The topological polar surface area (TPSA) is 108 Å². The molecule has 0 radical (unpaired) electrons. The monoisotopic (exact) mass is 586 g/mol. The van der Waals surface area contributed by atoms with Gasteiger partial charge in [0.25, 0.3) is 10.1 Å². The molecule has 0 aliphatic rings. The molecule has 0 aliphatic heterocycles. The first-order valence-corrected chi connectivity index (χ1v) is 14.2. The van der Waals surface area contributed by atoms with Crippen molar-refractivity contribution in [3.05, 3.63) is 29.8 Å². The maximum Gasteiger partial charge on any atom is 0.297 e. The normalized spacial score (nSPS) is 11.8. The van der Waals surface area contributed by atoms with Crippen LogP contribution in [0.1, 0.15) is 5.56 Å². The van der Waals surface area contributed by atoms with Gasteiger partial charge in [0.15, 0.2) is 0 Å². The van der Waals surface area contributed by atoms with Gasteiger partial charge in [-0.3, -0.25) is 4.18 Å². The Balaban J connectivity index is 1.76. The summed E-state index contributed by atoms with van der Waals surface area (Å²) < 4.78 is 66.6. The van der Waals surface area contributed by atoms with Crippen molar-refractivity contribution in [2.45, 2.75) is 11.8 Å². The van der Waals surface area contributed by atoms with Crippen LogP contribution in [0.15, 0.2) is 29.2 Å². The van der Waals surface area contributed by atoms with Gasteiger partial charge < -0.3 is 33.2 Å². The molecule has 0 amide bonds. The molecule has 35 heavy (non-hydrogen) atoms. The number of halogens is 1. The average Bonchev–Trinajstić information content (AvgIpc) is 2.84. The Labute approximate surface area is 217 Å².